The number of aliphatic carboxylic acids is 1. The average molecular weight is 245 g/mol. The number of carbonyl (C=O) groups is 3. The Morgan fingerprint density at radius 1 is 1.35 bits per heavy atom. The van der Waals surface area contributed by atoms with Crippen LogP contribution in [0.3, 0.4) is 0 Å². The molecule has 0 saturated heterocycles. The molecule has 0 aliphatic rings. The summed E-state index contributed by atoms with van der Waals surface area (Å²) in [6, 6.07) is -0.550. The molecule has 98 valence electrons. The number of amides is 3. The first kappa shape index (κ1) is 15.2. The van der Waals surface area contributed by atoms with Gasteiger partial charge < -0.3 is 21.5 Å². The molecule has 0 saturated carbocycles. The first-order chi connectivity index (χ1) is 7.66. The summed E-state index contributed by atoms with van der Waals surface area (Å²) < 4.78 is 0. The third-order valence-electron chi connectivity index (χ3n) is 2.33. The van der Waals surface area contributed by atoms with Crippen molar-refractivity contribution in [2.45, 2.75) is 32.7 Å². The minimum Gasteiger partial charge on any atom is -0.481 e. The van der Waals surface area contributed by atoms with Crippen molar-refractivity contribution in [3.8, 4) is 0 Å². The van der Waals surface area contributed by atoms with Gasteiger partial charge in [-0.1, -0.05) is 6.92 Å². The van der Waals surface area contributed by atoms with Gasteiger partial charge in [-0.3, -0.25) is 9.59 Å². The highest BCUT2D eigenvalue weighted by Crippen LogP contribution is 2.01. The number of hydrogen-bond donors (Lipinski definition) is 4. The van der Waals surface area contributed by atoms with Gasteiger partial charge in [-0.2, -0.15) is 0 Å². The fraction of sp³-hybridized carbons (Fsp3) is 0.700. The van der Waals surface area contributed by atoms with Crippen LogP contribution < -0.4 is 16.4 Å². The maximum Gasteiger partial charge on any atom is 0.315 e. The summed E-state index contributed by atoms with van der Waals surface area (Å²) in [6.45, 7) is 4.73. The quantitative estimate of drug-likeness (QED) is 0.511. The second-order valence-electron chi connectivity index (χ2n) is 4.40. The summed E-state index contributed by atoms with van der Waals surface area (Å²) >= 11 is 0. The van der Waals surface area contributed by atoms with Gasteiger partial charge in [-0.25, -0.2) is 4.79 Å². The second kappa shape index (κ2) is 6.07. The number of primary amides is 1. The standard InChI is InChI=1S/C10H19N3O4/c1-6(7(14)15)4-5-12-9(17)13-10(2,3)8(11)16/h6H,4-5H2,1-3H3,(H2,11,16)(H,14,15)(H2,12,13,17). The molecule has 17 heavy (non-hydrogen) atoms. The Labute approximate surface area is 99.7 Å². The minimum atomic E-state index is -1.14. The lowest BCUT2D eigenvalue weighted by molar-refractivity contribution is -0.141. The Kier molecular flexibility index (Phi) is 5.43. The first-order valence-corrected chi connectivity index (χ1v) is 5.25. The predicted octanol–water partition coefficient (Wildman–Crippen LogP) is -0.340. The van der Waals surface area contributed by atoms with Gasteiger partial charge in [0.2, 0.25) is 5.91 Å². The molecule has 0 heterocycles. The van der Waals surface area contributed by atoms with Crippen molar-refractivity contribution in [3.05, 3.63) is 0 Å². The Hall–Kier alpha value is -1.79. The third kappa shape index (κ3) is 5.74. The number of rotatable bonds is 6. The van der Waals surface area contributed by atoms with Crippen LogP contribution in [0.15, 0.2) is 0 Å². The molecule has 1 atom stereocenters. The van der Waals surface area contributed by atoms with Gasteiger partial charge in [0.25, 0.3) is 0 Å². The van der Waals surface area contributed by atoms with Crippen LogP contribution in [-0.4, -0.2) is 35.1 Å². The number of carboxylic acid groups (broad SMARTS) is 1. The van der Waals surface area contributed by atoms with Crippen LogP contribution >= 0.6 is 0 Å². The van der Waals surface area contributed by atoms with E-state index < -0.39 is 29.4 Å². The lowest BCUT2D eigenvalue weighted by Gasteiger charge is -2.22. The van der Waals surface area contributed by atoms with Crippen molar-refractivity contribution in [2.75, 3.05) is 6.54 Å². The Bertz CT molecular complexity index is 315. The zero-order valence-electron chi connectivity index (χ0n) is 10.2. The van der Waals surface area contributed by atoms with Crippen LogP contribution in [0.1, 0.15) is 27.2 Å². The number of nitrogens with one attached hydrogen (secondary N) is 2. The summed E-state index contributed by atoms with van der Waals surface area (Å²) in [4.78, 5) is 32.8. The zero-order chi connectivity index (χ0) is 13.6. The summed E-state index contributed by atoms with van der Waals surface area (Å²) in [6.07, 6.45) is 0.319. The van der Waals surface area contributed by atoms with Gasteiger partial charge in [-0.05, 0) is 20.3 Å². The average Bonchev–Trinajstić information content (AvgIpc) is 2.16. The van der Waals surface area contributed by atoms with Crippen LogP contribution in [0.4, 0.5) is 4.79 Å². The predicted molar refractivity (Wildman–Crippen MR) is 61.2 cm³/mol. The normalized spacial score (nSPS) is 12.6. The van der Waals surface area contributed by atoms with E-state index in [1.165, 1.54) is 13.8 Å². The van der Waals surface area contributed by atoms with Crippen LogP contribution in [0, 0.1) is 5.92 Å². The lowest BCUT2D eigenvalue weighted by atomic mass is 10.1. The maximum atomic E-state index is 11.3. The molecule has 0 aliphatic carbocycles. The van der Waals surface area contributed by atoms with Gasteiger partial charge in [0, 0.05) is 6.54 Å². The van der Waals surface area contributed by atoms with E-state index >= 15 is 0 Å². The molecule has 0 aromatic heterocycles. The maximum absolute atomic E-state index is 11.3. The van der Waals surface area contributed by atoms with Gasteiger partial charge in [0.15, 0.2) is 0 Å². The summed E-state index contributed by atoms with van der Waals surface area (Å²) in [7, 11) is 0. The van der Waals surface area contributed by atoms with Crippen molar-refractivity contribution < 1.29 is 19.5 Å². The molecule has 7 heteroatoms. The zero-order valence-corrected chi connectivity index (χ0v) is 10.2. The van der Waals surface area contributed by atoms with Crippen LogP contribution in [-0.2, 0) is 9.59 Å². The lowest BCUT2D eigenvalue weighted by Crippen LogP contribution is -2.55. The second-order valence-corrected chi connectivity index (χ2v) is 4.40. The molecule has 0 bridgehead atoms. The van der Waals surface area contributed by atoms with Crippen molar-refractivity contribution >= 4 is 17.9 Å². The monoisotopic (exact) mass is 245 g/mol. The minimum absolute atomic E-state index is 0.216. The molecule has 0 aromatic rings. The summed E-state index contributed by atoms with van der Waals surface area (Å²) in [5, 5.41) is 13.5. The fourth-order valence-corrected chi connectivity index (χ4v) is 0.915. The van der Waals surface area contributed by atoms with E-state index in [1.54, 1.807) is 6.92 Å². The van der Waals surface area contributed by atoms with E-state index in [2.05, 4.69) is 10.6 Å². The molecule has 0 aliphatic heterocycles. The molecule has 3 amide bonds. The number of carbonyl (C=O) groups excluding carboxylic acids is 2. The number of carboxylic acids is 1. The number of hydrogen-bond acceptors (Lipinski definition) is 3. The van der Waals surface area contributed by atoms with E-state index in [0.717, 1.165) is 0 Å². The van der Waals surface area contributed by atoms with Gasteiger partial charge in [-0.15, -0.1) is 0 Å². The van der Waals surface area contributed by atoms with Gasteiger partial charge >= 0.3 is 12.0 Å². The van der Waals surface area contributed by atoms with E-state index in [0.29, 0.717) is 6.42 Å². The van der Waals surface area contributed by atoms with Crippen molar-refractivity contribution in [1.29, 1.82) is 0 Å². The molecule has 0 spiro atoms. The first-order valence-electron chi connectivity index (χ1n) is 5.25. The van der Waals surface area contributed by atoms with E-state index in [4.69, 9.17) is 10.8 Å². The highest BCUT2D eigenvalue weighted by Gasteiger charge is 2.26. The SMILES string of the molecule is CC(CCNC(=O)NC(C)(C)C(N)=O)C(=O)O. The van der Waals surface area contributed by atoms with Gasteiger partial charge in [0.05, 0.1) is 5.92 Å². The highest BCUT2D eigenvalue weighted by atomic mass is 16.4. The summed E-state index contributed by atoms with van der Waals surface area (Å²) in [5.74, 6) is -2.09. The molecular weight excluding hydrogens is 226 g/mol. The Morgan fingerprint density at radius 2 is 1.88 bits per heavy atom. The highest BCUT2D eigenvalue weighted by molar-refractivity contribution is 5.89. The Balaban J connectivity index is 3.97. The Morgan fingerprint density at radius 3 is 2.29 bits per heavy atom. The van der Waals surface area contributed by atoms with Crippen molar-refractivity contribution in [1.82, 2.24) is 10.6 Å². The van der Waals surface area contributed by atoms with Crippen molar-refractivity contribution in [3.63, 3.8) is 0 Å². The van der Waals surface area contributed by atoms with Gasteiger partial charge in [0.1, 0.15) is 5.54 Å². The molecule has 0 radical (unpaired) electrons. The third-order valence-corrected chi connectivity index (χ3v) is 2.33. The molecule has 7 nitrogen and oxygen atoms in total. The van der Waals surface area contributed by atoms with Crippen LogP contribution in [0.25, 0.3) is 0 Å². The smallest absolute Gasteiger partial charge is 0.315 e. The summed E-state index contributed by atoms with van der Waals surface area (Å²) in [5.41, 5.74) is 3.94. The number of urea groups is 1. The molecule has 0 fully saturated rings. The van der Waals surface area contributed by atoms with E-state index in [9.17, 15) is 14.4 Å². The molecule has 0 rings (SSSR count). The van der Waals surface area contributed by atoms with Crippen molar-refractivity contribution in [2.24, 2.45) is 11.7 Å². The molecule has 5 N–H and O–H groups in total. The largest absolute Gasteiger partial charge is 0.481 e. The van der Waals surface area contributed by atoms with Crippen LogP contribution in [0.5, 0.6) is 0 Å². The number of nitrogens with two attached hydrogens (primary N) is 1. The fourth-order valence-electron chi connectivity index (χ4n) is 0.915. The van der Waals surface area contributed by atoms with Crippen LogP contribution in [0.2, 0.25) is 0 Å². The van der Waals surface area contributed by atoms with E-state index in [1.807, 2.05) is 0 Å². The molecule has 1 unspecified atom stereocenters. The molecular formula is C10H19N3O4. The molecule has 0 aromatic carbocycles. The topological polar surface area (TPSA) is 122 Å². The van der Waals surface area contributed by atoms with E-state index in [-0.39, 0.29) is 6.54 Å².